The first-order valence-electron chi connectivity index (χ1n) is 10.5. The van der Waals surface area contributed by atoms with Gasteiger partial charge in [-0.1, -0.05) is 48.5 Å². The minimum atomic E-state index is -0.997. The Morgan fingerprint density at radius 1 is 1.00 bits per heavy atom. The number of nitrogens with zero attached hydrogens (tertiary/aromatic N) is 1. The van der Waals surface area contributed by atoms with Gasteiger partial charge in [-0.05, 0) is 37.0 Å². The summed E-state index contributed by atoms with van der Waals surface area (Å²) in [5.74, 6) is -1.72. The van der Waals surface area contributed by atoms with Crippen LogP contribution in [0.1, 0.15) is 28.8 Å². The quantitative estimate of drug-likeness (QED) is 0.571. The van der Waals surface area contributed by atoms with Gasteiger partial charge in [0.05, 0.1) is 17.5 Å². The lowest BCUT2D eigenvalue weighted by Crippen LogP contribution is -2.44. The van der Waals surface area contributed by atoms with Crippen LogP contribution < -0.4 is 5.32 Å². The number of carboxylic acids is 1. The second-order valence-electron chi connectivity index (χ2n) is 7.62. The largest absolute Gasteiger partial charge is 0.480 e. The number of carbonyl (C=O) groups excluding carboxylic acids is 3. The smallest absolute Gasteiger partial charge is 0.326 e. The van der Waals surface area contributed by atoms with Crippen molar-refractivity contribution < 1.29 is 24.3 Å². The Kier molecular flexibility index (Phi) is 8.44. The van der Waals surface area contributed by atoms with E-state index >= 15 is 0 Å². The third-order valence-corrected chi connectivity index (χ3v) is 6.28. The van der Waals surface area contributed by atoms with Gasteiger partial charge >= 0.3 is 5.97 Å². The molecular formula is C24H26N2O5S. The average molecular weight is 455 g/mol. The number of Topliss-reactive ketones (excluding diaryl/α,β-unsaturated/α-hetero) is 1. The van der Waals surface area contributed by atoms with Crippen LogP contribution in [-0.2, 0) is 20.8 Å². The van der Waals surface area contributed by atoms with Crippen molar-refractivity contribution in [3.05, 3.63) is 71.8 Å². The van der Waals surface area contributed by atoms with Crippen LogP contribution in [0.3, 0.4) is 0 Å². The van der Waals surface area contributed by atoms with Gasteiger partial charge < -0.3 is 15.3 Å². The molecule has 0 spiro atoms. The fourth-order valence-electron chi connectivity index (χ4n) is 3.67. The summed E-state index contributed by atoms with van der Waals surface area (Å²) in [5, 5.41) is 12.1. The Bertz CT molecular complexity index is 951. The number of nitrogens with one attached hydrogen (secondary N) is 1. The fraction of sp³-hybridized carbons (Fsp3) is 0.333. The van der Waals surface area contributed by atoms with Crippen molar-refractivity contribution in [2.45, 2.75) is 31.3 Å². The van der Waals surface area contributed by atoms with Gasteiger partial charge in [0, 0.05) is 12.1 Å². The van der Waals surface area contributed by atoms with E-state index in [2.05, 4.69) is 5.32 Å². The molecule has 0 aliphatic carbocycles. The van der Waals surface area contributed by atoms with Crippen LogP contribution in [0.5, 0.6) is 0 Å². The molecule has 0 aromatic heterocycles. The lowest BCUT2D eigenvalue weighted by molar-refractivity contribution is -0.147. The average Bonchev–Trinajstić information content (AvgIpc) is 3.30. The maximum Gasteiger partial charge on any atom is 0.326 e. The SMILES string of the molecule is O=C(NC(Cc1ccccc1)C(=O)CSCC(=O)N1CCC[C@@H]1C(=O)O)c1ccccc1. The predicted octanol–water partition coefficient (Wildman–Crippen LogP) is 2.41. The summed E-state index contributed by atoms with van der Waals surface area (Å²) in [6, 6.07) is 16.6. The van der Waals surface area contributed by atoms with Crippen LogP contribution in [0.4, 0.5) is 0 Å². The molecule has 7 nitrogen and oxygen atoms in total. The molecule has 168 valence electrons. The molecule has 1 unspecified atom stereocenters. The second kappa shape index (κ2) is 11.5. The number of carboxylic acid groups (broad SMARTS) is 1. The highest BCUT2D eigenvalue weighted by Crippen LogP contribution is 2.19. The van der Waals surface area contributed by atoms with Gasteiger partial charge in [-0.15, -0.1) is 11.8 Å². The molecule has 1 aliphatic rings. The number of benzene rings is 2. The summed E-state index contributed by atoms with van der Waals surface area (Å²) < 4.78 is 0. The standard InChI is InChI=1S/C24H26N2O5S/c27-21(15-32-16-22(28)26-13-7-12-20(26)24(30)31)19(14-17-8-3-1-4-9-17)25-23(29)18-10-5-2-6-11-18/h1-6,8-11,19-20H,7,12-16H2,(H,25,29)(H,30,31)/t19?,20-/m1/s1. The first kappa shape index (κ1) is 23.5. The summed E-state index contributed by atoms with van der Waals surface area (Å²) >= 11 is 1.15. The van der Waals surface area contributed by atoms with Crippen molar-refractivity contribution >= 4 is 35.3 Å². The van der Waals surface area contributed by atoms with Gasteiger partial charge in [0.25, 0.3) is 5.91 Å². The minimum absolute atomic E-state index is 0.0280. The summed E-state index contributed by atoms with van der Waals surface area (Å²) in [4.78, 5) is 50.6. The van der Waals surface area contributed by atoms with Crippen molar-refractivity contribution in [3.8, 4) is 0 Å². The van der Waals surface area contributed by atoms with Crippen molar-refractivity contribution in [1.29, 1.82) is 0 Å². The number of hydrogen-bond acceptors (Lipinski definition) is 5. The maximum absolute atomic E-state index is 12.9. The molecule has 1 saturated heterocycles. The molecule has 2 amide bonds. The zero-order valence-corrected chi connectivity index (χ0v) is 18.4. The van der Waals surface area contributed by atoms with Gasteiger partial charge in [0.15, 0.2) is 5.78 Å². The van der Waals surface area contributed by atoms with Gasteiger partial charge in [0.2, 0.25) is 5.91 Å². The number of carbonyl (C=O) groups is 4. The lowest BCUT2D eigenvalue weighted by atomic mass is 10.0. The van der Waals surface area contributed by atoms with Crippen molar-refractivity contribution in [1.82, 2.24) is 10.2 Å². The van der Waals surface area contributed by atoms with Crippen LogP contribution in [-0.4, -0.2) is 63.7 Å². The molecule has 32 heavy (non-hydrogen) atoms. The molecule has 0 saturated carbocycles. The number of hydrogen-bond donors (Lipinski definition) is 2. The van der Waals surface area contributed by atoms with Gasteiger partial charge in [0.1, 0.15) is 6.04 Å². The van der Waals surface area contributed by atoms with E-state index in [1.807, 2.05) is 36.4 Å². The third-order valence-electron chi connectivity index (χ3n) is 5.34. The van der Waals surface area contributed by atoms with E-state index in [1.54, 1.807) is 24.3 Å². The van der Waals surface area contributed by atoms with Gasteiger partial charge in [-0.2, -0.15) is 0 Å². The summed E-state index contributed by atoms with van der Waals surface area (Å²) in [6.07, 6.45) is 1.46. The molecule has 0 bridgehead atoms. The Hall–Kier alpha value is -3.13. The van der Waals surface area contributed by atoms with Crippen molar-refractivity contribution in [2.75, 3.05) is 18.1 Å². The zero-order chi connectivity index (χ0) is 22.9. The van der Waals surface area contributed by atoms with E-state index in [0.717, 1.165) is 17.3 Å². The van der Waals surface area contributed by atoms with E-state index < -0.39 is 18.1 Å². The van der Waals surface area contributed by atoms with Gasteiger partial charge in [-0.3, -0.25) is 14.4 Å². The molecule has 0 radical (unpaired) electrons. The molecule has 8 heteroatoms. The molecule has 2 aromatic carbocycles. The monoisotopic (exact) mass is 454 g/mol. The Labute approximate surface area is 191 Å². The highest BCUT2D eigenvalue weighted by atomic mass is 32.2. The van der Waals surface area contributed by atoms with Crippen molar-refractivity contribution in [3.63, 3.8) is 0 Å². The molecule has 2 aromatic rings. The maximum atomic E-state index is 12.9. The number of amides is 2. The number of rotatable bonds is 10. The first-order valence-corrected chi connectivity index (χ1v) is 11.6. The third kappa shape index (κ3) is 6.43. The molecular weight excluding hydrogens is 428 g/mol. The molecule has 1 aliphatic heterocycles. The normalized spacial score (nSPS) is 16.4. The van der Waals surface area contributed by atoms with E-state index in [1.165, 1.54) is 4.90 Å². The zero-order valence-electron chi connectivity index (χ0n) is 17.6. The molecule has 1 heterocycles. The number of aliphatic carboxylic acids is 1. The number of thioether (sulfide) groups is 1. The second-order valence-corrected chi connectivity index (χ2v) is 8.61. The van der Waals surface area contributed by atoms with Crippen LogP contribution in [0.15, 0.2) is 60.7 Å². The molecule has 3 rings (SSSR count). The van der Waals surface area contributed by atoms with Crippen LogP contribution in [0.25, 0.3) is 0 Å². The van der Waals surface area contributed by atoms with E-state index in [9.17, 15) is 24.3 Å². The molecule has 2 atom stereocenters. The predicted molar refractivity (Wildman–Crippen MR) is 123 cm³/mol. The highest BCUT2D eigenvalue weighted by molar-refractivity contribution is 8.00. The van der Waals surface area contributed by atoms with E-state index in [4.69, 9.17) is 0 Å². The molecule has 1 fully saturated rings. The summed E-state index contributed by atoms with van der Waals surface area (Å²) in [7, 11) is 0. The van der Waals surface area contributed by atoms with E-state index in [-0.39, 0.29) is 29.1 Å². The summed E-state index contributed by atoms with van der Waals surface area (Å²) in [5.41, 5.74) is 1.39. The topological polar surface area (TPSA) is 104 Å². The summed E-state index contributed by atoms with van der Waals surface area (Å²) in [6.45, 7) is 0.425. The molecule has 2 N–H and O–H groups in total. The van der Waals surface area contributed by atoms with Gasteiger partial charge in [-0.25, -0.2) is 4.79 Å². The first-order chi connectivity index (χ1) is 15.5. The fourth-order valence-corrected chi connectivity index (χ4v) is 4.52. The van der Waals surface area contributed by atoms with Crippen LogP contribution >= 0.6 is 11.8 Å². The number of likely N-dealkylation sites (tertiary alicyclic amines) is 1. The lowest BCUT2D eigenvalue weighted by Gasteiger charge is -2.21. The van der Waals surface area contributed by atoms with Crippen LogP contribution in [0, 0.1) is 0 Å². The highest BCUT2D eigenvalue weighted by Gasteiger charge is 2.33. The van der Waals surface area contributed by atoms with Crippen molar-refractivity contribution in [2.24, 2.45) is 0 Å². The Balaban J connectivity index is 1.59. The van der Waals surface area contributed by atoms with E-state index in [0.29, 0.717) is 31.4 Å². The van der Waals surface area contributed by atoms with Crippen LogP contribution in [0.2, 0.25) is 0 Å². The Morgan fingerprint density at radius 2 is 1.66 bits per heavy atom. The Morgan fingerprint density at radius 3 is 2.31 bits per heavy atom. The number of ketones is 1. The minimum Gasteiger partial charge on any atom is -0.480 e.